The first-order chi connectivity index (χ1) is 13.9. The summed E-state index contributed by atoms with van der Waals surface area (Å²) in [5.41, 5.74) is 1.39. The van der Waals surface area contributed by atoms with Crippen LogP contribution in [0.4, 0.5) is 5.69 Å². The second-order valence-corrected chi connectivity index (χ2v) is 8.55. The zero-order chi connectivity index (χ0) is 20.4. The van der Waals surface area contributed by atoms with E-state index in [4.69, 9.17) is 0 Å². The van der Waals surface area contributed by atoms with Gasteiger partial charge in [0.25, 0.3) is 5.91 Å². The number of rotatable bonds is 5. The van der Waals surface area contributed by atoms with Crippen LogP contribution >= 0.6 is 0 Å². The monoisotopic (exact) mass is 414 g/mol. The molecule has 0 spiro atoms. The van der Waals surface area contributed by atoms with Gasteiger partial charge in [0, 0.05) is 29.9 Å². The Balaban J connectivity index is 1.50. The van der Waals surface area contributed by atoms with Crippen molar-refractivity contribution in [3.8, 4) is 11.4 Å². The second kappa shape index (κ2) is 7.64. The summed E-state index contributed by atoms with van der Waals surface area (Å²) in [4.78, 5) is 26.2. The highest BCUT2D eigenvalue weighted by Crippen LogP contribution is 2.22. The summed E-state index contributed by atoms with van der Waals surface area (Å²) in [6, 6.07) is 12.6. The van der Waals surface area contributed by atoms with Crippen LogP contribution in [0, 0.1) is 0 Å². The molecule has 0 saturated carbocycles. The second-order valence-electron chi connectivity index (χ2n) is 6.61. The lowest BCUT2D eigenvalue weighted by Crippen LogP contribution is -2.27. The minimum Gasteiger partial charge on any atom is -0.322 e. The van der Waals surface area contributed by atoms with Crippen molar-refractivity contribution in [3.05, 3.63) is 64.6 Å². The number of aromatic nitrogens is 2. The van der Waals surface area contributed by atoms with Crippen molar-refractivity contribution in [3.63, 3.8) is 0 Å². The Morgan fingerprint density at radius 1 is 1.10 bits per heavy atom. The molecule has 0 atom stereocenters. The number of carbonyl (C=O) groups excluding carboxylic acids is 1. The lowest BCUT2D eigenvalue weighted by atomic mass is 10.1. The molecule has 29 heavy (non-hydrogen) atoms. The van der Waals surface area contributed by atoms with Crippen LogP contribution in [-0.4, -0.2) is 41.9 Å². The van der Waals surface area contributed by atoms with Gasteiger partial charge in [-0.2, -0.15) is 4.31 Å². The molecule has 0 aliphatic carbocycles. The first kappa shape index (κ1) is 19.1. The van der Waals surface area contributed by atoms with Crippen LogP contribution in [0.3, 0.4) is 0 Å². The quantitative estimate of drug-likeness (QED) is 0.658. The highest BCUT2D eigenvalue weighted by molar-refractivity contribution is 7.89. The number of hydrogen-bond acceptors (Lipinski definition) is 6. The number of nitrogens with zero attached hydrogens (tertiary/aromatic N) is 2. The third-order valence-electron chi connectivity index (χ3n) is 4.65. The Bertz CT molecular complexity index is 1190. The Hall–Kier alpha value is -3.24. The van der Waals surface area contributed by atoms with Gasteiger partial charge in [0.05, 0.1) is 4.90 Å². The van der Waals surface area contributed by atoms with Gasteiger partial charge in [0.1, 0.15) is 0 Å². The third kappa shape index (κ3) is 3.98. The van der Waals surface area contributed by atoms with Crippen LogP contribution in [-0.2, 0) is 10.0 Å². The fraction of sp³-hybridized carbons (Fsp3) is 0.211. The Morgan fingerprint density at radius 2 is 1.83 bits per heavy atom. The zero-order valence-electron chi connectivity index (χ0n) is 15.3. The van der Waals surface area contributed by atoms with E-state index >= 15 is 0 Å². The molecule has 2 aromatic carbocycles. The summed E-state index contributed by atoms with van der Waals surface area (Å²) in [5, 5.41) is 6.35. The number of aromatic amines is 1. The van der Waals surface area contributed by atoms with Gasteiger partial charge in [-0.25, -0.2) is 13.2 Å². The molecule has 3 aromatic rings. The molecule has 1 aromatic heterocycles. The molecule has 0 unspecified atom stereocenters. The van der Waals surface area contributed by atoms with Gasteiger partial charge < -0.3 is 5.32 Å². The van der Waals surface area contributed by atoms with Crippen molar-refractivity contribution < 1.29 is 17.7 Å². The van der Waals surface area contributed by atoms with Gasteiger partial charge in [-0.1, -0.05) is 17.3 Å². The molecule has 2 N–H and O–H groups in total. The maximum absolute atomic E-state index is 12.6. The van der Waals surface area contributed by atoms with Gasteiger partial charge in [-0.05, 0) is 49.2 Å². The molecule has 1 saturated heterocycles. The number of carbonyl (C=O) groups is 1. The summed E-state index contributed by atoms with van der Waals surface area (Å²) in [6.45, 7) is 1.05. The van der Waals surface area contributed by atoms with Crippen molar-refractivity contribution in [2.45, 2.75) is 17.7 Å². The van der Waals surface area contributed by atoms with Gasteiger partial charge in [0.2, 0.25) is 10.0 Å². The predicted molar refractivity (Wildman–Crippen MR) is 105 cm³/mol. The van der Waals surface area contributed by atoms with Crippen LogP contribution in [0.25, 0.3) is 11.4 Å². The van der Waals surface area contributed by atoms with Gasteiger partial charge in [-0.15, -0.1) is 0 Å². The van der Waals surface area contributed by atoms with Crippen LogP contribution in [0.5, 0.6) is 0 Å². The van der Waals surface area contributed by atoms with Crippen molar-refractivity contribution in [2.24, 2.45) is 0 Å². The molecule has 0 radical (unpaired) electrons. The molecule has 4 rings (SSSR count). The van der Waals surface area contributed by atoms with E-state index in [0.717, 1.165) is 12.8 Å². The van der Waals surface area contributed by atoms with Crippen molar-refractivity contribution >= 4 is 21.6 Å². The predicted octanol–water partition coefficient (Wildman–Crippen LogP) is 2.07. The molecule has 1 amide bonds. The van der Waals surface area contributed by atoms with Crippen molar-refractivity contribution in [1.29, 1.82) is 0 Å². The summed E-state index contributed by atoms with van der Waals surface area (Å²) >= 11 is 0. The van der Waals surface area contributed by atoms with E-state index in [1.807, 2.05) is 0 Å². The average Bonchev–Trinajstić information content (AvgIpc) is 3.40. The highest BCUT2D eigenvalue weighted by atomic mass is 32.2. The fourth-order valence-electron chi connectivity index (χ4n) is 3.16. The summed E-state index contributed by atoms with van der Waals surface area (Å²) < 4.78 is 31.1. The zero-order valence-corrected chi connectivity index (χ0v) is 16.1. The molecule has 10 heteroatoms. The number of benzene rings is 2. The first-order valence-electron chi connectivity index (χ1n) is 9.01. The molecule has 0 bridgehead atoms. The summed E-state index contributed by atoms with van der Waals surface area (Å²) in [6.07, 6.45) is 1.72. The molecule has 1 fully saturated rings. The number of hydrogen-bond donors (Lipinski definition) is 2. The fourth-order valence-corrected chi connectivity index (χ4v) is 4.67. The number of sulfonamides is 1. The van der Waals surface area contributed by atoms with Crippen LogP contribution in [0.1, 0.15) is 23.2 Å². The summed E-state index contributed by atoms with van der Waals surface area (Å²) in [5.74, 6) is -0.804. The normalized spacial score (nSPS) is 14.8. The van der Waals surface area contributed by atoms with E-state index in [9.17, 15) is 18.0 Å². The Kier molecular flexibility index (Phi) is 5.03. The molecular weight excluding hydrogens is 396 g/mol. The number of anilines is 1. The minimum absolute atomic E-state index is 0.174. The van der Waals surface area contributed by atoms with E-state index in [1.165, 1.54) is 28.6 Å². The molecule has 1 aliphatic heterocycles. The molecule has 1 aliphatic rings. The lowest BCUT2D eigenvalue weighted by Gasteiger charge is -2.15. The van der Waals surface area contributed by atoms with Crippen molar-refractivity contribution in [2.75, 3.05) is 18.4 Å². The van der Waals surface area contributed by atoms with Gasteiger partial charge >= 0.3 is 5.76 Å². The number of amides is 1. The Morgan fingerprint density at radius 3 is 2.48 bits per heavy atom. The van der Waals surface area contributed by atoms with Gasteiger partial charge in [0.15, 0.2) is 5.82 Å². The van der Waals surface area contributed by atoms with Crippen LogP contribution in [0.2, 0.25) is 0 Å². The average molecular weight is 414 g/mol. The van der Waals surface area contributed by atoms with Crippen molar-refractivity contribution in [1.82, 2.24) is 14.4 Å². The molecule has 2 heterocycles. The summed E-state index contributed by atoms with van der Waals surface area (Å²) in [7, 11) is -3.52. The van der Waals surface area contributed by atoms with E-state index in [1.54, 1.807) is 24.3 Å². The number of H-pyrrole nitrogens is 1. The maximum atomic E-state index is 12.6. The minimum atomic E-state index is -3.52. The first-order valence-corrected chi connectivity index (χ1v) is 10.5. The van der Waals surface area contributed by atoms with E-state index in [0.29, 0.717) is 29.9 Å². The molecule has 9 nitrogen and oxygen atoms in total. The number of nitrogens with one attached hydrogen (secondary N) is 2. The Labute approximate surface area is 166 Å². The van der Waals surface area contributed by atoms with Gasteiger partial charge in [-0.3, -0.25) is 14.3 Å². The smallest absolute Gasteiger partial charge is 0.322 e. The van der Waals surface area contributed by atoms with Crippen LogP contribution < -0.4 is 11.1 Å². The maximum Gasteiger partial charge on any atom is 0.439 e. The van der Waals surface area contributed by atoms with E-state index < -0.39 is 15.8 Å². The third-order valence-corrected chi connectivity index (χ3v) is 6.57. The van der Waals surface area contributed by atoms with E-state index in [-0.39, 0.29) is 16.6 Å². The SMILES string of the molecule is O=C(Nc1cccc(-c2noc(=O)[nH]2)c1)c1ccc(S(=O)(=O)N2CCCC2)cc1. The van der Waals surface area contributed by atoms with Crippen LogP contribution in [0.15, 0.2) is 62.7 Å². The largest absolute Gasteiger partial charge is 0.439 e. The topological polar surface area (TPSA) is 125 Å². The molecule has 150 valence electrons. The molecular formula is C19H18N4O5S. The highest BCUT2D eigenvalue weighted by Gasteiger charge is 2.27. The van der Waals surface area contributed by atoms with E-state index in [2.05, 4.69) is 20.0 Å². The standard InChI is InChI=1S/C19H18N4O5S/c24-18(20-15-5-3-4-14(12-15)17-21-19(25)28-22-17)13-6-8-16(9-7-13)29(26,27)23-10-1-2-11-23/h3-9,12H,1-2,10-11H2,(H,20,24)(H,21,22,25). The lowest BCUT2D eigenvalue weighted by molar-refractivity contribution is 0.102.